The predicted octanol–water partition coefficient (Wildman–Crippen LogP) is 15.8. The van der Waals surface area contributed by atoms with E-state index in [-0.39, 0.29) is 36.2 Å². The summed E-state index contributed by atoms with van der Waals surface area (Å²) < 4.78 is 34.1. The molecule has 6 fully saturated rings. The maximum atomic E-state index is 12.7. The number of aromatic amines is 1. The molecule has 6 aromatic carbocycles. The molecule has 6 aliphatic heterocycles. The number of rotatable bonds is 17. The molecule has 4 atom stereocenters. The normalized spacial score (nSPS) is 17.0. The van der Waals surface area contributed by atoms with Crippen LogP contribution in [0.15, 0.2) is 269 Å². The lowest BCUT2D eigenvalue weighted by molar-refractivity contribution is -0.124. The molecule has 34 nitrogen and oxygen atoms in total. The lowest BCUT2D eigenvalue weighted by Crippen LogP contribution is -2.54. The molecule has 0 saturated carbocycles. The molecule has 13 aromatic heterocycles. The second-order valence-electron chi connectivity index (χ2n) is 36.2. The number of H-pyrrole nitrogens is 1. The first-order valence-electron chi connectivity index (χ1n) is 48.7. The number of morpholine rings is 3. The second-order valence-corrected chi connectivity index (χ2v) is 37.1. The summed E-state index contributed by atoms with van der Waals surface area (Å²) in [6.45, 7) is 23.2. The van der Waals surface area contributed by atoms with Crippen molar-refractivity contribution in [2.75, 3.05) is 139 Å². The van der Waals surface area contributed by atoms with Gasteiger partial charge in [0, 0.05) is 201 Å². The van der Waals surface area contributed by atoms with Gasteiger partial charge in [0.25, 0.3) is 0 Å². The highest BCUT2D eigenvalue weighted by Gasteiger charge is 2.35. The molecule has 37 heteroatoms. The first-order chi connectivity index (χ1) is 70.7. The van der Waals surface area contributed by atoms with Gasteiger partial charge in [-0.25, -0.2) is 28.1 Å². The summed E-state index contributed by atoms with van der Waals surface area (Å²) in [5.74, 6) is 3.42. The molecular weight excluding hydrogens is 1890 g/mol. The third kappa shape index (κ3) is 22.6. The van der Waals surface area contributed by atoms with E-state index in [9.17, 15) is 9.59 Å². The number of benzene rings is 6. The maximum absolute atomic E-state index is 12.7. The summed E-state index contributed by atoms with van der Waals surface area (Å²) in [5.41, 5.74) is 26.7. The molecule has 0 radical (unpaired) electrons. The number of halogens is 3. The minimum absolute atomic E-state index is 0. The third-order valence-electron chi connectivity index (χ3n) is 26.5. The zero-order valence-corrected chi connectivity index (χ0v) is 83.3. The van der Waals surface area contributed by atoms with Gasteiger partial charge >= 0.3 is 0 Å². The van der Waals surface area contributed by atoms with Crippen LogP contribution in [0.3, 0.4) is 0 Å². The number of hydrogen-bond donors (Lipinski definition) is 5. The van der Waals surface area contributed by atoms with E-state index in [1.807, 2.05) is 180 Å². The highest BCUT2D eigenvalue weighted by Crippen LogP contribution is 2.38. The molecule has 19 aromatic rings. The Morgan fingerprint density at radius 3 is 1.23 bits per heavy atom. The number of nitrogens with zero attached hydrogens (tertiary/aromatic N) is 23. The summed E-state index contributed by atoms with van der Waals surface area (Å²) in [6, 6.07) is 62.3. The van der Waals surface area contributed by atoms with Gasteiger partial charge in [-0.3, -0.25) is 49.5 Å². The Morgan fingerprint density at radius 1 is 0.414 bits per heavy atom. The van der Waals surface area contributed by atoms with Crippen LogP contribution in [-0.4, -0.2) is 246 Å². The molecule has 0 spiro atoms. The fourth-order valence-corrected chi connectivity index (χ4v) is 19.0. The minimum atomic E-state index is -0.446. The van der Waals surface area contributed by atoms with Gasteiger partial charge in [0.15, 0.2) is 17.5 Å². The summed E-state index contributed by atoms with van der Waals surface area (Å²) in [5, 5.41) is 53.4. The molecule has 25 rings (SSSR count). The van der Waals surface area contributed by atoms with Crippen molar-refractivity contribution in [1.29, 1.82) is 0 Å². The van der Waals surface area contributed by atoms with Gasteiger partial charge in [-0.05, 0) is 180 Å². The number of ether oxygens (including phenoxy) is 4. The number of piperidine rings is 1. The number of carbonyl (C=O) groups excluding carboxylic acids is 2. The Kier molecular flexibility index (Phi) is 31.6. The maximum Gasteiger partial charge on any atom is 0.245 e. The Labute approximate surface area is 853 Å². The van der Waals surface area contributed by atoms with Crippen molar-refractivity contribution in [2.24, 2.45) is 5.73 Å². The van der Waals surface area contributed by atoms with Crippen molar-refractivity contribution in [3.8, 4) is 34.1 Å². The van der Waals surface area contributed by atoms with Crippen LogP contribution in [0.5, 0.6) is 0 Å². The fraction of sp³-hybridized carbons (Fsp3) is 0.287. The van der Waals surface area contributed by atoms with Crippen LogP contribution >= 0.6 is 35.6 Å². The van der Waals surface area contributed by atoms with Crippen LogP contribution in [0.25, 0.3) is 99.5 Å². The van der Waals surface area contributed by atoms with E-state index in [0.29, 0.717) is 68.4 Å². The Hall–Kier alpha value is -14.8. The number of hydrogen-bond acceptors (Lipinski definition) is 25. The van der Waals surface area contributed by atoms with E-state index < -0.39 is 6.04 Å². The highest BCUT2D eigenvalue weighted by atomic mass is 35.5. The van der Waals surface area contributed by atoms with Crippen LogP contribution in [0.4, 0.5) is 17.5 Å². The molecule has 6 aliphatic rings. The number of pyridine rings is 6. The highest BCUT2D eigenvalue weighted by molar-refractivity contribution is 6.31. The number of aromatic nitrogens is 20. The molecule has 145 heavy (non-hydrogen) atoms. The van der Waals surface area contributed by atoms with Gasteiger partial charge < -0.3 is 55.3 Å². The van der Waals surface area contributed by atoms with E-state index in [0.717, 1.165) is 233 Å². The molecule has 2 amide bonds. The van der Waals surface area contributed by atoms with Crippen molar-refractivity contribution in [2.45, 2.75) is 77.5 Å². The number of amides is 2. The number of nitrogens with one attached hydrogen (secondary N) is 4. The van der Waals surface area contributed by atoms with Crippen LogP contribution < -0.4 is 36.4 Å². The molecular formula is C108H113Cl3N28O6. The van der Waals surface area contributed by atoms with Gasteiger partial charge in [-0.1, -0.05) is 94.0 Å². The molecule has 4 unspecified atom stereocenters. The smallest absolute Gasteiger partial charge is 0.245 e. The van der Waals surface area contributed by atoms with E-state index in [1.165, 1.54) is 27.6 Å². The number of aryl methyl sites for hydroxylation is 4. The van der Waals surface area contributed by atoms with E-state index in [2.05, 4.69) is 189 Å². The van der Waals surface area contributed by atoms with E-state index in [4.69, 9.17) is 78.5 Å². The molecule has 742 valence electrons. The quantitative estimate of drug-likeness (QED) is 0.0565. The number of anilines is 3. The Morgan fingerprint density at radius 2 is 0.814 bits per heavy atom. The number of carbonyl (C=O) groups is 2. The minimum Gasteiger partial charge on any atom is -0.381 e. The number of fused-ring (bicyclic) bond motifs is 6. The van der Waals surface area contributed by atoms with Gasteiger partial charge in [-0.15, -0.1) is 27.7 Å². The van der Waals surface area contributed by atoms with Crippen LogP contribution in [0, 0.1) is 27.7 Å². The van der Waals surface area contributed by atoms with Crippen molar-refractivity contribution in [3.05, 3.63) is 324 Å². The van der Waals surface area contributed by atoms with Crippen molar-refractivity contribution in [1.82, 2.24) is 120 Å². The fourth-order valence-electron chi connectivity index (χ4n) is 18.8. The third-order valence-corrected chi connectivity index (χ3v) is 27.0. The van der Waals surface area contributed by atoms with Crippen molar-refractivity contribution in [3.63, 3.8) is 0 Å². The van der Waals surface area contributed by atoms with Gasteiger partial charge in [0.05, 0.1) is 155 Å². The topological polar surface area (TPSA) is 359 Å². The summed E-state index contributed by atoms with van der Waals surface area (Å²) in [6.07, 6.45) is 26.2. The van der Waals surface area contributed by atoms with E-state index in [1.54, 1.807) is 31.0 Å². The summed E-state index contributed by atoms with van der Waals surface area (Å²) >= 11 is 12.0. The average molecular weight is 2010 g/mol. The first-order valence-corrected chi connectivity index (χ1v) is 49.5. The van der Waals surface area contributed by atoms with Gasteiger partial charge in [0.2, 0.25) is 11.8 Å². The molecule has 0 aliphatic carbocycles. The second kappa shape index (κ2) is 46.3. The van der Waals surface area contributed by atoms with E-state index >= 15 is 0 Å². The largest absolute Gasteiger partial charge is 0.381 e. The molecule has 6 saturated heterocycles. The average Bonchev–Trinajstić information content (AvgIpc) is 1.63. The molecule has 19 heterocycles. The predicted molar refractivity (Wildman–Crippen MR) is 567 cm³/mol. The first kappa shape index (κ1) is 98.9. The van der Waals surface area contributed by atoms with Gasteiger partial charge in [0.1, 0.15) is 17.8 Å². The number of piperazine rings is 1. The van der Waals surface area contributed by atoms with Gasteiger partial charge in [-0.2, -0.15) is 20.4 Å². The Balaban J connectivity index is 0.000000110. The van der Waals surface area contributed by atoms with Crippen LogP contribution in [0.1, 0.15) is 82.2 Å². The van der Waals surface area contributed by atoms with Crippen LogP contribution in [-0.2, 0) is 35.1 Å². The lowest BCUT2D eigenvalue weighted by Gasteiger charge is -2.34. The van der Waals surface area contributed by atoms with Crippen LogP contribution in [0.2, 0.25) is 10.0 Å². The molecule has 0 bridgehead atoms. The zero-order chi connectivity index (χ0) is 98.4. The monoisotopic (exact) mass is 2000 g/mol. The summed E-state index contributed by atoms with van der Waals surface area (Å²) in [7, 11) is 0. The SMILES string of the molecule is Cc1ccc(-n2nc(C3CCC(=O)NC3)c3ccncc32)cc1.Cc1ccc(-n2nc(C3CCOC3)c3ccncc32)cc1.Cc1ccc(-n2nc(C3CNCCO3)c3ccncc32)cc1.Cc1ccc(-n2nc(N3CCOCC3C(=O)NCCN)c3ccncc32)cc1.Cl.Clc1ccc(-n2nc(N3CCN(Cc4ccn[nH]4)CC3)c3ccncc32)cc1.Clc1ccc(-n2nc(N3CCOCC3)c3ccncc32)cc1. The summed E-state index contributed by atoms with van der Waals surface area (Å²) in [4.78, 5) is 58.7. The molecule has 6 N–H and O–H groups in total. The standard InChI is InChI=1S/C20H20ClN7.C20H24N6O2.C18H18N4O.C17H18N4O.C17H17N3O.C16H15ClN4O.ClH/c21-15-1-3-17(4-2-15)28-19-13-22-7-6-18(19)20(25-28)27-11-9-26(10-12-27)14-16-5-8-23-24-16;1-14-2-4-15(5-3-14)26-17-12-22-8-6-16(17)19(24-26)25-10-11-28-13-18(25)20(27)23-9-7-21;1-12-2-5-14(6-3-12)22-16-11-19-9-8-15(16)18(21-22)13-4-7-17(23)20-10-13;1-12-2-4-13(5-3-12)21-15-10-18-7-6-14(15)17(20-21)16-11-19-8-9-22-16;1-12-2-4-14(5-3-12)20-16-10-18-8-6-15(16)17(19-20)13-7-9-21-11-13;17-12-1-3-13(4-2-12)21-15-11-18-6-5-14(15)16(19-21)20-7-9-22-10-8-20;/h1-8,13H,9-12,14H2,(H,23,24);2-6,8,12,18H,7,9-11,13,21H2,1H3,(H,23,27);2-3,5-6,8-9,11,13H,4,7,10H2,1H3,(H,20,23);2-7,10,16,19H,8-9,11H2,1H3;2-6,8,10,13H,7,9,11H2,1H3;1-6,11H,7-10H2;1H. The van der Waals surface area contributed by atoms with Crippen molar-refractivity contribution >= 4 is 130 Å². The van der Waals surface area contributed by atoms with Crippen molar-refractivity contribution < 1.29 is 28.5 Å². The zero-order valence-electron chi connectivity index (χ0n) is 81.0. The Bertz CT molecular complexity index is 7420. The number of nitrogens with two attached hydrogens (primary N) is 1. The lowest BCUT2D eigenvalue weighted by atomic mass is 9.94.